The molecule has 4 heteroatoms. The van der Waals surface area contributed by atoms with Crippen LogP contribution in [0.5, 0.6) is 0 Å². The zero-order valence-electron chi connectivity index (χ0n) is 10.3. The van der Waals surface area contributed by atoms with Gasteiger partial charge in [0.1, 0.15) is 5.82 Å². The van der Waals surface area contributed by atoms with E-state index in [1.54, 1.807) is 12.3 Å². The average molecular weight is 233 g/mol. The van der Waals surface area contributed by atoms with Gasteiger partial charge in [-0.15, -0.1) is 0 Å². The molecule has 92 valence electrons. The van der Waals surface area contributed by atoms with Gasteiger partial charge in [-0.05, 0) is 25.0 Å². The van der Waals surface area contributed by atoms with Crippen molar-refractivity contribution in [1.29, 1.82) is 0 Å². The molecule has 0 radical (unpaired) electrons. The first-order valence-electron chi connectivity index (χ1n) is 6.24. The van der Waals surface area contributed by atoms with E-state index in [2.05, 4.69) is 10.3 Å². The molecule has 0 aromatic carbocycles. The lowest BCUT2D eigenvalue weighted by atomic mass is 10.2. The van der Waals surface area contributed by atoms with Gasteiger partial charge >= 0.3 is 0 Å². The number of nitrogens with zero attached hydrogens (tertiary/aromatic N) is 2. The molecule has 1 saturated heterocycles. The number of carbonyl (C=O) groups is 1. The summed E-state index contributed by atoms with van der Waals surface area (Å²) in [6.07, 6.45) is 6.39. The highest BCUT2D eigenvalue weighted by atomic mass is 16.2. The van der Waals surface area contributed by atoms with E-state index in [4.69, 9.17) is 0 Å². The lowest BCUT2D eigenvalue weighted by Gasteiger charge is -2.20. The second-order valence-corrected chi connectivity index (χ2v) is 4.39. The number of hydrogen-bond donors (Lipinski definition) is 1. The number of aromatic nitrogens is 1. The number of hydrogen-bond acceptors (Lipinski definition) is 3. The van der Waals surface area contributed by atoms with Crippen molar-refractivity contribution < 1.29 is 4.79 Å². The summed E-state index contributed by atoms with van der Waals surface area (Å²) in [5.74, 6) is 0.872. The van der Waals surface area contributed by atoms with E-state index in [-0.39, 0.29) is 5.91 Å². The summed E-state index contributed by atoms with van der Waals surface area (Å²) in [4.78, 5) is 18.4. The predicted octanol–water partition coefficient (Wildman–Crippen LogP) is 2.14. The van der Waals surface area contributed by atoms with E-state index in [1.807, 2.05) is 18.0 Å². The Bertz CT molecular complexity index is 384. The van der Waals surface area contributed by atoms with E-state index >= 15 is 0 Å². The van der Waals surface area contributed by atoms with Crippen molar-refractivity contribution in [3.05, 3.63) is 23.9 Å². The van der Waals surface area contributed by atoms with Gasteiger partial charge in [-0.1, -0.05) is 12.8 Å². The standard InChI is InChI=1S/C13H19N3O/c1-14-12-10-11(6-7-15-12)13(17)16-8-4-2-3-5-9-16/h6-7,10H,2-5,8-9H2,1H3,(H,14,15). The monoisotopic (exact) mass is 233 g/mol. The third-order valence-electron chi connectivity index (χ3n) is 3.16. The molecule has 0 aliphatic carbocycles. The zero-order chi connectivity index (χ0) is 12.1. The molecule has 1 fully saturated rings. The van der Waals surface area contributed by atoms with Gasteiger partial charge in [0.2, 0.25) is 0 Å². The van der Waals surface area contributed by atoms with E-state index in [1.165, 1.54) is 12.8 Å². The molecule has 1 aromatic rings. The van der Waals surface area contributed by atoms with Crippen LogP contribution in [0.3, 0.4) is 0 Å². The van der Waals surface area contributed by atoms with E-state index < -0.39 is 0 Å². The number of rotatable bonds is 2. The van der Waals surface area contributed by atoms with Crippen LogP contribution in [-0.2, 0) is 0 Å². The summed E-state index contributed by atoms with van der Waals surface area (Å²) in [7, 11) is 1.81. The Morgan fingerprint density at radius 1 is 1.29 bits per heavy atom. The summed E-state index contributed by atoms with van der Waals surface area (Å²) < 4.78 is 0. The zero-order valence-corrected chi connectivity index (χ0v) is 10.3. The Morgan fingerprint density at radius 3 is 2.65 bits per heavy atom. The van der Waals surface area contributed by atoms with Gasteiger partial charge < -0.3 is 10.2 Å². The maximum atomic E-state index is 12.3. The average Bonchev–Trinajstić information content (AvgIpc) is 2.67. The minimum absolute atomic E-state index is 0.130. The molecule has 1 aliphatic rings. The molecule has 1 N–H and O–H groups in total. The number of carbonyl (C=O) groups excluding carboxylic acids is 1. The van der Waals surface area contributed by atoms with E-state index in [9.17, 15) is 4.79 Å². The number of amides is 1. The molecule has 0 saturated carbocycles. The fraction of sp³-hybridized carbons (Fsp3) is 0.538. The van der Waals surface area contributed by atoms with Crippen LogP contribution in [0.2, 0.25) is 0 Å². The van der Waals surface area contributed by atoms with Crippen LogP contribution in [-0.4, -0.2) is 35.9 Å². The Hall–Kier alpha value is -1.58. The van der Waals surface area contributed by atoms with Gasteiger partial charge in [-0.3, -0.25) is 4.79 Å². The highest BCUT2D eigenvalue weighted by Crippen LogP contribution is 2.14. The topological polar surface area (TPSA) is 45.2 Å². The van der Waals surface area contributed by atoms with Crippen molar-refractivity contribution in [3.8, 4) is 0 Å². The first kappa shape index (κ1) is 11.9. The van der Waals surface area contributed by atoms with Crippen LogP contribution in [0.15, 0.2) is 18.3 Å². The minimum atomic E-state index is 0.130. The Balaban J connectivity index is 2.11. The highest BCUT2D eigenvalue weighted by Gasteiger charge is 2.17. The maximum Gasteiger partial charge on any atom is 0.254 e. The van der Waals surface area contributed by atoms with E-state index in [0.717, 1.165) is 37.3 Å². The molecule has 17 heavy (non-hydrogen) atoms. The van der Waals surface area contributed by atoms with Crippen LogP contribution in [0.25, 0.3) is 0 Å². The molecule has 2 rings (SSSR count). The van der Waals surface area contributed by atoms with Gasteiger partial charge in [0.05, 0.1) is 0 Å². The van der Waals surface area contributed by atoms with Gasteiger partial charge in [0.25, 0.3) is 5.91 Å². The second kappa shape index (κ2) is 5.66. The van der Waals surface area contributed by atoms with Crippen LogP contribution in [0.4, 0.5) is 5.82 Å². The quantitative estimate of drug-likeness (QED) is 0.851. The van der Waals surface area contributed by atoms with Crippen molar-refractivity contribution in [3.63, 3.8) is 0 Å². The van der Waals surface area contributed by atoms with Gasteiger partial charge in [-0.25, -0.2) is 4.98 Å². The molecule has 2 heterocycles. The Labute approximate surface area is 102 Å². The van der Waals surface area contributed by atoms with E-state index in [0.29, 0.717) is 0 Å². The summed E-state index contributed by atoms with van der Waals surface area (Å²) in [6, 6.07) is 3.60. The van der Waals surface area contributed by atoms with Gasteiger partial charge in [0.15, 0.2) is 0 Å². The molecule has 0 atom stereocenters. The molecular formula is C13H19N3O. The van der Waals surface area contributed by atoms with Gasteiger partial charge in [-0.2, -0.15) is 0 Å². The largest absolute Gasteiger partial charge is 0.373 e. The van der Waals surface area contributed by atoms with Crippen LogP contribution in [0.1, 0.15) is 36.0 Å². The predicted molar refractivity (Wildman–Crippen MR) is 68.2 cm³/mol. The van der Waals surface area contributed by atoms with Gasteiger partial charge in [0, 0.05) is 31.9 Å². The fourth-order valence-electron chi connectivity index (χ4n) is 2.16. The lowest BCUT2D eigenvalue weighted by molar-refractivity contribution is 0.0761. The fourth-order valence-corrected chi connectivity index (χ4v) is 2.16. The number of likely N-dealkylation sites (tertiary alicyclic amines) is 1. The summed E-state index contributed by atoms with van der Waals surface area (Å²) in [6.45, 7) is 1.77. The maximum absolute atomic E-state index is 12.3. The summed E-state index contributed by atoms with van der Waals surface area (Å²) in [5, 5.41) is 2.96. The molecule has 1 aromatic heterocycles. The third kappa shape index (κ3) is 2.96. The molecule has 4 nitrogen and oxygen atoms in total. The molecular weight excluding hydrogens is 214 g/mol. The number of anilines is 1. The van der Waals surface area contributed by atoms with Crippen molar-refractivity contribution in [2.75, 3.05) is 25.5 Å². The smallest absolute Gasteiger partial charge is 0.254 e. The van der Waals surface area contributed by atoms with Crippen molar-refractivity contribution >= 4 is 11.7 Å². The Morgan fingerprint density at radius 2 is 2.00 bits per heavy atom. The SMILES string of the molecule is CNc1cc(C(=O)N2CCCCCC2)ccn1. The van der Waals surface area contributed by atoms with Crippen molar-refractivity contribution in [2.24, 2.45) is 0 Å². The summed E-state index contributed by atoms with van der Waals surface area (Å²) in [5.41, 5.74) is 0.728. The molecule has 0 bridgehead atoms. The highest BCUT2D eigenvalue weighted by molar-refractivity contribution is 5.94. The summed E-state index contributed by atoms with van der Waals surface area (Å²) >= 11 is 0. The lowest BCUT2D eigenvalue weighted by Crippen LogP contribution is -2.31. The minimum Gasteiger partial charge on any atom is -0.373 e. The second-order valence-electron chi connectivity index (χ2n) is 4.39. The molecule has 1 amide bonds. The van der Waals surface area contributed by atoms with Crippen molar-refractivity contribution in [2.45, 2.75) is 25.7 Å². The Kier molecular flexibility index (Phi) is 3.96. The van der Waals surface area contributed by atoms with Crippen LogP contribution < -0.4 is 5.32 Å². The number of pyridine rings is 1. The molecule has 1 aliphatic heterocycles. The molecule has 0 unspecified atom stereocenters. The first-order chi connectivity index (χ1) is 8.31. The normalized spacial score (nSPS) is 16.4. The molecule has 0 spiro atoms. The van der Waals surface area contributed by atoms with Crippen LogP contribution >= 0.6 is 0 Å². The van der Waals surface area contributed by atoms with Crippen molar-refractivity contribution in [1.82, 2.24) is 9.88 Å². The van der Waals surface area contributed by atoms with Crippen LogP contribution in [0, 0.1) is 0 Å². The number of nitrogens with one attached hydrogen (secondary N) is 1. The third-order valence-corrected chi connectivity index (χ3v) is 3.16. The first-order valence-corrected chi connectivity index (χ1v) is 6.24.